The van der Waals surface area contributed by atoms with Gasteiger partial charge in [0.25, 0.3) is 0 Å². The normalized spacial score (nSPS) is 11.7. The molecule has 2 aromatic rings. The van der Waals surface area contributed by atoms with E-state index < -0.39 is 16.8 Å². The van der Waals surface area contributed by atoms with E-state index in [1.807, 2.05) is 13.8 Å². The maximum absolute atomic E-state index is 11.1. The van der Waals surface area contributed by atoms with Crippen LogP contribution in [0.4, 0.5) is 0 Å². The second-order valence-electron chi connectivity index (χ2n) is 3.03. The fourth-order valence-corrected chi connectivity index (χ4v) is 1.74. The SMILES string of the molecule is CC.CS(=O)c1nc2ccc(C(=O)O)cc2[nH]1. The number of aromatic carboxylic acids is 1. The van der Waals surface area contributed by atoms with Crippen LogP contribution in [0.15, 0.2) is 23.4 Å². The van der Waals surface area contributed by atoms with E-state index in [1.54, 1.807) is 6.07 Å². The molecule has 0 spiro atoms. The van der Waals surface area contributed by atoms with Crippen molar-refractivity contribution in [1.82, 2.24) is 9.97 Å². The molecule has 1 aromatic carbocycles. The minimum atomic E-state index is -1.19. The lowest BCUT2D eigenvalue weighted by Crippen LogP contribution is -1.94. The van der Waals surface area contributed by atoms with E-state index in [2.05, 4.69) is 9.97 Å². The molecule has 1 aromatic heterocycles. The van der Waals surface area contributed by atoms with Crippen molar-refractivity contribution < 1.29 is 14.1 Å². The molecule has 2 rings (SSSR count). The number of carboxylic acids is 1. The third kappa shape index (κ3) is 2.91. The van der Waals surface area contributed by atoms with Crippen LogP contribution in [0.3, 0.4) is 0 Å². The molecule has 92 valence electrons. The number of aromatic nitrogens is 2. The molecule has 0 aliphatic heterocycles. The first-order valence-corrected chi connectivity index (χ1v) is 6.70. The second-order valence-corrected chi connectivity index (χ2v) is 4.33. The predicted molar refractivity (Wildman–Crippen MR) is 66.7 cm³/mol. The number of fused-ring (bicyclic) bond motifs is 1. The zero-order valence-corrected chi connectivity index (χ0v) is 10.7. The number of nitrogens with one attached hydrogen (secondary N) is 1. The minimum absolute atomic E-state index is 0.180. The monoisotopic (exact) mass is 254 g/mol. The summed E-state index contributed by atoms with van der Waals surface area (Å²) >= 11 is 0. The van der Waals surface area contributed by atoms with Gasteiger partial charge in [0.1, 0.15) is 0 Å². The van der Waals surface area contributed by atoms with Crippen LogP contribution in [-0.4, -0.2) is 31.5 Å². The molecule has 17 heavy (non-hydrogen) atoms. The van der Waals surface area contributed by atoms with Crippen molar-refractivity contribution in [3.8, 4) is 0 Å². The molecule has 0 aliphatic carbocycles. The van der Waals surface area contributed by atoms with Crippen molar-refractivity contribution in [3.05, 3.63) is 23.8 Å². The van der Waals surface area contributed by atoms with Crippen LogP contribution in [0.2, 0.25) is 0 Å². The minimum Gasteiger partial charge on any atom is -0.478 e. The van der Waals surface area contributed by atoms with Crippen molar-refractivity contribution in [2.75, 3.05) is 6.26 Å². The van der Waals surface area contributed by atoms with Crippen LogP contribution in [0, 0.1) is 0 Å². The van der Waals surface area contributed by atoms with Gasteiger partial charge in [-0.1, -0.05) is 13.8 Å². The number of rotatable bonds is 2. The van der Waals surface area contributed by atoms with Gasteiger partial charge in [0, 0.05) is 6.26 Å². The van der Waals surface area contributed by atoms with Crippen molar-refractivity contribution in [3.63, 3.8) is 0 Å². The first-order valence-electron chi connectivity index (χ1n) is 5.14. The Balaban J connectivity index is 0.000000686. The highest BCUT2D eigenvalue weighted by molar-refractivity contribution is 7.84. The molecule has 0 fully saturated rings. The summed E-state index contributed by atoms with van der Waals surface area (Å²) in [5.74, 6) is -0.995. The van der Waals surface area contributed by atoms with Crippen molar-refractivity contribution in [1.29, 1.82) is 0 Å². The van der Waals surface area contributed by atoms with E-state index in [9.17, 15) is 9.00 Å². The summed E-state index contributed by atoms with van der Waals surface area (Å²) < 4.78 is 11.1. The molecule has 5 nitrogen and oxygen atoms in total. The number of carboxylic acid groups (broad SMARTS) is 1. The highest BCUT2D eigenvalue weighted by Crippen LogP contribution is 2.15. The van der Waals surface area contributed by atoms with E-state index in [1.165, 1.54) is 18.4 Å². The Bertz CT molecular complexity index is 551. The molecule has 6 heteroatoms. The topological polar surface area (TPSA) is 83.1 Å². The predicted octanol–water partition coefficient (Wildman–Crippen LogP) is 2.02. The van der Waals surface area contributed by atoms with Gasteiger partial charge in [-0.3, -0.25) is 4.21 Å². The number of nitrogens with zero attached hydrogens (tertiary/aromatic N) is 1. The molecule has 1 heterocycles. The maximum atomic E-state index is 11.1. The summed E-state index contributed by atoms with van der Waals surface area (Å²) in [5, 5.41) is 9.12. The first-order chi connectivity index (χ1) is 8.08. The van der Waals surface area contributed by atoms with E-state index in [0.29, 0.717) is 16.2 Å². The van der Waals surface area contributed by atoms with Gasteiger partial charge in [0.15, 0.2) is 5.16 Å². The lowest BCUT2D eigenvalue weighted by atomic mass is 10.2. The molecule has 0 saturated carbocycles. The zero-order valence-electron chi connectivity index (χ0n) is 9.85. The summed E-state index contributed by atoms with van der Waals surface area (Å²) in [6.07, 6.45) is 1.51. The summed E-state index contributed by atoms with van der Waals surface area (Å²) in [6, 6.07) is 4.53. The fraction of sp³-hybridized carbons (Fsp3) is 0.273. The number of H-pyrrole nitrogens is 1. The van der Waals surface area contributed by atoms with Crippen LogP contribution < -0.4 is 0 Å². The Morgan fingerprint density at radius 2 is 2.06 bits per heavy atom. The van der Waals surface area contributed by atoms with Gasteiger partial charge in [0.2, 0.25) is 0 Å². The zero-order chi connectivity index (χ0) is 13.0. The molecule has 0 radical (unpaired) electrons. The molecule has 1 atom stereocenters. The largest absolute Gasteiger partial charge is 0.478 e. The van der Waals surface area contributed by atoms with Crippen molar-refractivity contribution >= 4 is 27.8 Å². The Labute approximate surface area is 101 Å². The maximum Gasteiger partial charge on any atom is 0.335 e. The second kappa shape index (κ2) is 5.58. The third-order valence-corrected chi connectivity index (χ3v) is 2.72. The van der Waals surface area contributed by atoms with E-state index in [-0.39, 0.29) is 5.56 Å². The van der Waals surface area contributed by atoms with Crippen LogP contribution in [0.25, 0.3) is 11.0 Å². The quantitative estimate of drug-likeness (QED) is 0.858. The average Bonchev–Trinajstić information content (AvgIpc) is 2.74. The summed E-state index contributed by atoms with van der Waals surface area (Å²) in [7, 11) is -1.19. The Hall–Kier alpha value is -1.69. The first kappa shape index (κ1) is 13.4. The Morgan fingerprint density at radius 3 is 2.59 bits per heavy atom. The molecule has 0 bridgehead atoms. The van der Waals surface area contributed by atoms with Gasteiger partial charge in [-0.2, -0.15) is 0 Å². The van der Waals surface area contributed by atoms with Crippen LogP contribution >= 0.6 is 0 Å². The van der Waals surface area contributed by atoms with Gasteiger partial charge < -0.3 is 10.1 Å². The van der Waals surface area contributed by atoms with Gasteiger partial charge in [-0.15, -0.1) is 0 Å². The Kier molecular flexibility index (Phi) is 4.39. The molecule has 2 N–H and O–H groups in total. The number of aromatic amines is 1. The number of hydrogen-bond donors (Lipinski definition) is 2. The number of benzene rings is 1. The number of hydrogen-bond acceptors (Lipinski definition) is 3. The average molecular weight is 254 g/mol. The highest BCUT2D eigenvalue weighted by atomic mass is 32.2. The summed E-state index contributed by atoms with van der Waals surface area (Å²) in [4.78, 5) is 17.6. The van der Waals surface area contributed by atoms with E-state index in [4.69, 9.17) is 5.11 Å². The van der Waals surface area contributed by atoms with Crippen LogP contribution in [0.5, 0.6) is 0 Å². The summed E-state index contributed by atoms with van der Waals surface area (Å²) in [5.41, 5.74) is 1.38. The lowest BCUT2D eigenvalue weighted by Gasteiger charge is -1.92. The molecular formula is C11H14N2O3S. The van der Waals surface area contributed by atoms with E-state index in [0.717, 1.165) is 0 Å². The molecule has 0 saturated heterocycles. The number of imidazole rings is 1. The molecule has 0 aliphatic rings. The molecule has 0 amide bonds. The van der Waals surface area contributed by atoms with Crippen LogP contribution in [0.1, 0.15) is 24.2 Å². The van der Waals surface area contributed by atoms with Gasteiger partial charge >= 0.3 is 5.97 Å². The smallest absolute Gasteiger partial charge is 0.335 e. The third-order valence-electron chi connectivity index (χ3n) is 1.98. The van der Waals surface area contributed by atoms with Crippen LogP contribution in [-0.2, 0) is 10.8 Å². The van der Waals surface area contributed by atoms with Gasteiger partial charge in [-0.05, 0) is 18.2 Å². The Morgan fingerprint density at radius 1 is 1.41 bits per heavy atom. The highest BCUT2D eigenvalue weighted by Gasteiger charge is 2.08. The van der Waals surface area contributed by atoms with Gasteiger partial charge in [0.05, 0.1) is 27.4 Å². The van der Waals surface area contributed by atoms with Gasteiger partial charge in [-0.25, -0.2) is 9.78 Å². The number of carbonyl (C=O) groups is 1. The molecule has 1 unspecified atom stereocenters. The standard InChI is InChI=1S/C9H8N2O3S.C2H6/c1-15(14)9-10-6-3-2-5(8(12)13)4-7(6)11-9;1-2/h2-4H,1H3,(H,10,11)(H,12,13);1-2H3. The molecular weight excluding hydrogens is 240 g/mol. The van der Waals surface area contributed by atoms with E-state index >= 15 is 0 Å². The summed E-state index contributed by atoms with van der Waals surface area (Å²) in [6.45, 7) is 4.00. The lowest BCUT2D eigenvalue weighted by molar-refractivity contribution is 0.0697. The fourth-order valence-electron chi connectivity index (χ4n) is 1.26. The van der Waals surface area contributed by atoms with Crippen molar-refractivity contribution in [2.45, 2.75) is 19.0 Å². The van der Waals surface area contributed by atoms with Crippen molar-refractivity contribution in [2.24, 2.45) is 0 Å².